The lowest BCUT2D eigenvalue weighted by molar-refractivity contribution is 0.397. The van der Waals surface area contributed by atoms with E-state index in [-0.39, 0.29) is 6.01 Å². The molecule has 9 heteroatoms. The summed E-state index contributed by atoms with van der Waals surface area (Å²) in [5.41, 5.74) is 7.08. The number of nitrogen functional groups attached to an aromatic ring is 1. The van der Waals surface area contributed by atoms with Crippen LogP contribution in [-0.2, 0) is 6.42 Å². The number of hydrogen-bond acceptors (Lipinski definition) is 9. The third-order valence-corrected chi connectivity index (χ3v) is 3.61. The molecule has 2 aromatic heterocycles. The number of ether oxygens (including phenoxy) is 2. The van der Waals surface area contributed by atoms with E-state index in [0.717, 1.165) is 5.39 Å². The number of nitrogens with two attached hydrogens (primary N) is 1. The monoisotopic (exact) mass is 340 g/mol. The lowest BCUT2D eigenvalue weighted by Gasteiger charge is -2.14. The predicted molar refractivity (Wildman–Crippen MR) is 90.5 cm³/mol. The molecule has 3 aromatic rings. The average molecular weight is 340 g/mol. The Kier molecular flexibility index (Phi) is 4.52. The topological polar surface area (TPSA) is 132 Å². The summed E-state index contributed by atoms with van der Waals surface area (Å²) in [6, 6.07) is 5.71. The van der Waals surface area contributed by atoms with Crippen molar-refractivity contribution in [2.45, 2.75) is 6.42 Å². The highest BCUT2D eigenvalue weighted by molar-refractivity contribution is 5.98. The number of pyridine rings is 1. The van der Waals surface area contributed by atoms with Crippen LogP contribution >= 0.6 is 0 Å². The molecule has 0 radical (unpaired) electrons. The summed E-state index contributed by atoms with van der Waals surface area (Å²) in [7, 11) is 3.12. The van der Waals surface area contributed by atoms with Gasteiger partial charge in [-0.15, -0.1) is 5.10 Å². The van der Waals surface area contributed by atoms with Crippen molar-refractivity contribution in [3.05, 3.63) is 29.8 Å². The molecule has 0 fully saturated rings. The first-order chi connectivity index (χ1) is 12.2. The molecule has 0 saturated carbocycles. The zero-order valence-electron chi connectivity index (χ0n) is 13.7. The molecule has 0 aliphatic carbocycles. The molecule has 128 valence electrons. The third-order valence-electron chi connectivity index (χ3n) is 3.61. The van der Waals surface area contributed by atoms with Crippen LogP contribution in [0.25, 0.3) is 10.9 Å². The molecule has 0 aliphatic rings. The number of nitrogens with one attached hydrogen (secondary N) is 1. The summed E-state index contributed by atoms with van der Waals surface area (Å²) in [6.45, 7) is 0.467. The van der Waals surface area contributed by atoms with Crippen molar-refractivity contribution >= 4 is 22.6 Å². The Morgan fingerprint density at radius 2 is 2.12 bits per heavy atom. The lowest BCUT2D eigenvalue weighted by atomic mass is 10.1. The van der Waals surface area contributed by atoms with Crippen molar-refractivity contribution in [1.29, 1.82) is 5.26 Å². The highest BCUT2D eigenvalue weighted by Gasteiger charge is 2.14. The molecule has 0 atom stereocenters. The van der Waals surface area contributed by atoms with Gasteiger partial charge in [0.15, 0.2) is 0 Å². The van der Waals surface area contributed by atoms with Gasteiger partial charge in [-0.25, -0.2) is 0 Å². The van der Waals surface area contributed by atoms with E-state index in [1.807, 2.05) is 0 Å². The van der Waals surface area contributed by atoms with Crippen LogP contribution < -0.4 is 20.5 Å². The highest BCUT2D eigenvalue weighted by atomic mass is 16.5. The molecule has 0 aliphatic heterocycles. The van der Waals surface area contributed by atoms with Gasteiger partial charge in [-0.2, -0.15) is 5.26 Å². The molecular formula is C16H16N6O3. The summed E-state index contributed by atoms with van der Waals surface area (Å²) >= 11 is 0. The Bertz CT molecular complexity index is 947. The molecule has 25 heavy (non-hydrogen) atoms. The van der Waals surface area contributed by atoms with E-state index in [1.165, 1.54) is 6.20 Å². The summed E-state index contributed by atoms with van der Waals surface area (Å²) in [5, 5.41) is 20.8. The molecule has 3 N–H and O–H groups in total. The fourth-order valence-electron chi connectivity index (χ4n) is 2.46. The summed E-state index contributed by atoms with van der Waals surface area (Å²) < 4.78 is 15.8. The van der Waals surface area contributed by atoms with Gasteiger partial charge in [-0.1, -0.05) is 5.10 Å². The van der Waals surface area contributed by atoms with Crippen LogP contribution in [0.2, 0.25) is 0 Å². The van der Waals surface area contributed by atoms with Crippen molar-refractivity contribution in [3.8, 4) is 17.6 Å². The van der Waals surface area contributed by atoms with Crippen molar-refractivity contribution in [1.82, 2.24) is 15.2 Å². The molecule has 2 heterocycles. The number of methoxy groups -OCH3 is 2. The van der Waals surface area contributed by atoms with E-state index in [4.69, 9.17) is 19.6 Å². The normalized spacial score (nSPS) is 10.4. The molecule has 9 nitrogen and oxygen atoms in total. The van der Waals surface area contributed by atoms with Crippen LogP contribution in [0.15, 0.2) is 22.7 Å². The van der Waals surface area contributed by atoms with Gasteiger partial charge in [0.25, 0.3) is 0 Å². The number of fused-ring (bicyclic) bond motifs is 1. The van der Waals surface area contributed by atoms with E-state index in [2.05, 4.69) is 26.6 Å². The number of nitriles is 1. The molecular weight excluding hydrogens is 324 g/mol. The van der Waals surface area contributed by atoms with Crippen molar-refractivity contribution in [2.75, 3.05) is 31.8 Å². The van der Waals surface area contributed by atoms with Gasteiger partial charge < -0.3 is 24.9 Å². The lowest BCUT2D eigenvalue weighted by Crippen LogP contribution is -2.08. The summed E-state index contributed by atoms with van der Waals surface area (Å²) in [4.78, 5) is 4.33. The van der Waals surface area contributed by atoms with Crippen molar-refractivity contribution < 1.29 is 13.9 Å². The van der Waals surface area contributed by atoms with Gasteiger partial charge in [0.2, 0.25) is 5.89 Å². The molecule has 0 saturated heterocycles. The summed E-state index contributed by atoms with van der Waals surface area (Å²) in [5.74, 6) is 1.58. The molecule has 0 spiro atoms. The standard InChI is InChI=1S/C16H16N6O3/c1-23-10-5-11-14(19-4-3-13-21-22-16(18)25-13)9(7-17)8-20-15(11)12(6-10)24-2/h5-6,8H,3-4H2,1-2H3,(H2,18,22)(H,19,20). The van der Waals surface area contributed by atoms with Crippen LogP contribution in [0.4, 0.5) is 11.7 Å². The van der Waals surface area contributed by atoms with Gasteiger partial charge in [-0.3, -0.25) is 4.98 Å². The minimum Gasteiger partial charge on any atom is -0.497 e. The molecule has 1 aromatic carbocycles. The van der Waals surface area contributed by atoms with Crippen LogP contribution in [0, 0.1) is 11.3 Å². The smallest absolute Gasteiger partial charge is 0.312 e. The maximum Gasteiger partial charge on any atom is 0.312 e. The highest BCUT2D eigenvalue weighted by Crippen LogP contribution is 2.35. The van der Waals surface area contributed by atoms with E-state index in [1.54, 1.807) is 26.4 Å². The van der Waals surface area contributed by atoms with E-state index in [0.29, 0.717) is 47.1 Å². The van der Waals surface area contributed by atoms with Crippen LogP contribution in [0.5, 0.6) is 11.5 Å². The van der Waals surface area contributed by atoms with Gasteiger partial charge in [-0.05, 0) is 6.07 Å². The number of rotatable bonds is 6. The first-order valence-corrected chi connectivity index (χ1v) is 7.42. The second-order valence-corrected chi connectivity index (χ2v) is 5.10. The van der Waals surface area contributed by atoms with Gasteiger partial charge in [0.05, 0.1) is 25.5 Å². The molecule has 0 amide bonds. The zero-order chi connectivity index (χ0) is 17.8. The fraction of sp³-hybridized carbons (Fsp3) is 0.250. The Labute approximate surface area is 143 Å². The third kappa shape index (κ3) is 3.23. The minimum atomic E-state index is 0.0246. The van der Waals surface area contributed by atoms with Gasteiger partial charge in [0, 0.05) is 30.6 Å². The average Bonchev–Trinajstić information content (AvgIpc) is 3.05. The minimum absolute atomic E-state index is 0.0246. The van der Waals surface area contributed by atoms with Gasteiger partial charge in [0.1, 0.15) is 23.1 Å². The SMILES string of the molecule is COc1cc(OC)c2ncc(C#N)c(NCCc3nnc(N)o3)c2c1. The van der Waals surface area contributed by atoms with E-state index >= 15 is 0 Å². The Morgan fingerprint density at radius 3 is 2.76 bits per heavy atom. The maximum absolute atomic E-state index is 9.40. The zero-order valence-corrected chi connectivity index (χ0v) is 13.7. The maximum atomic E-state index is 9.40. The van der Waals surface area contributed by atoms with Crippen molar-refractivity contribution in [3.63, 3.8) is 0 Å². The Hall–Kier alpha value is -3.54. The number of anilines is 2. The number of benzene rings is 1. The first-order valence-electron chi connectivity index (χ1n) is 7.42. The predicted octanol–water partition coefficient (Wildman–Crippen LogP) is 1.74. The molecule has 3 rings (SSSR count). The second kappa shape index (κ2) is 6.92. The largest absolute Gasteiger partial charge is 0.497 e. The molecule has 0 unspecified atom stereocenters. The van der Waals surface area contributed by atoms with Gasteiger partial charge >= 0.3 is 6.01 Å². The quantitative estimate of drug-likeness (QED) is 0.688. The number of hydrogen-bond donors (Lipinski definition) is 2. The van der Waals surface area contributed by atoms with E-state index in [9.17, 15) is 5.26 Å². The van der Waals surface area contributed by atoms with Crippen molar-refractivity contribution in [2.24, 2.45) is 0 Å². The summed E-state index contributed by atoms with van der Waals surface area (Å²) in [6.07, 6.45) is 1.96. The molecule has 0 bridgehead atoms. The number of nitrogens with zero attached hydrogens (tertiary/aromatic N) is 4. The Morgan fingerprint density at radius 1 is 1.28 bits per heavy atom. The van der Waals surface area contributed by atoms with Crippen LogP contribution in [0.1, 0.15) is 11.5 Å². The van der Waals surface area contributed by atoms with Crippen LogP contribution in [-0.4, -0.2) is 35.9 Å². The fourth-order valence-corrected chi connectivity index (χ4v) is 2.46. The van der Waals surface area contributed by atoms with Crippen LogP contribution in [0.3, 0.4) is 0 Å². The second-order valence-electron chi connectivity index (χ2n) is 5.10. The first kappa shape index (κ1) is 16.3. The van der Waals surface area contributed by atoms with E-state index < -0.39 is 0 Å². The number of aromatic nitrogens is 3. The Balaban J connectivity index is 1.97.